The highest BCUT2D eigenvalue weighted by Gasteiger charge is 2.26. The lowest BCUT2D eigenvalue weighted by Crippen LogP contribution is -2.30. The molecule has 3 aromatic rings. The number of amides is 1. The Hall–Kier alpha value is -3.07. The molecule has 146 valence electrons. The maximum Gasteiger partial charge on any atom is 0.275 e. The largest absolute Gasteiger partial charge is 0.454 e. The van der Waals surface area contributed by atoms with Gasteiger partial charge in [0.15, 0.2) is 17.2 Å². The summed E-state index contributed by atoms with van der Waals surface area (Å²) in [6, 6.07) is 10.6. The van der Waals surface area contributed by atoms with Gasteiger partial charge in [-0.3, -0.25) is 9.20 Å². The van der Waals surface area contributed by atoms with Crippen LogP contribution in [0.15, 0.2) is 47.8 Å². The number of fused-ring (bicyclic) bond motifs is 2. The number of ether oxygens (including phenoxy) is 2. The molecule has 0 aliphatic carbocycles. The van der Waals surface area contributed by atoms with E-state index in [-0.39, 0.29) is 23.6 Å². The molecule has 1 aromatic carbocycles. The minimum Gasteiger partial charge on any atom is -0.454 e. The Labute approximate surface area is 162 Å². The fourth-order valence-electron chi connectivity index (χ4n) is 3.17. The highest BCUT2D eigenvalue weighted by atomic mass is 32.2. The van der Waals surface area contributed by atoms with E-state index in [9.17, 15) is 13.2 Å². The molecular formula is C19H19N3O5S. The lowest BCUT2D eigenvalue weighted by Gasteiger charge is -2.20. The van der Waals surface area contributed by atoms with Crippen LogP contribution in [0.3, 0.4) is 0 Å². The first-order chi connectivity index (χ1) is 13.4. The van der Waals surface area contributed by atoms with E-state index in [0.717, 1.165) is 11.8 Å². The van der Waals surface area contributed by atoms with Gasteiger partial charge >= 0.3 is 0 Å². The molecule has 0 spiro atoms. The first kappa shape index (κ1) is 18.3. The van der Waals surface area contributed by atoms with Gasteiger partial charge in [-0.1, -0.05) is 12.1 Å². The first-order valence-electron chi connectivity index (χ1n) is 8.73. The molecule has 0 fully saturated rings. The van der Waals surface area contributed by atoms with E-state index in [4.69, 9.17) is 9.47 Å². The second-order valence-corrected chi connectivity index (χ2v) is 8.39. The van der Waals surface area contributed by atoms with Crippen LogP contribution in [0.2, 0.25) is 0 Å². The van der Waals surface area contributed by atoms with E-state index in [1.54, 1.807) is 29.3 Å². The third-order valence-corrected chi connectivity index (χ3v) is 5.48. The normalized spacial score (nSPS) is 13.1. The highest BCUT2D eigenvalue weighted by molar-refractivity contribution is 7.90. The van der Waals surface area contributed by atoms with Gasteiger partial charge in [0, 0.05) is 25.5 Å². The van der Waals surface area contributed by atoms with Gasteiger partial charge < -0.3 is 14.4 Å². The second-order valence-electron chi connectivity index (χ2n) is 6.48. The Morgan fingerprint density at radius 1 is 1.21 bits per heavy atom. The summed E-state index contributed by atoms with van der Waals surface area (Å²) in [6.07, 6.45) is 2.66. The maximum atomic E-state index is 13.2. The lowest BCUT2D eigenvalue weighted by atomic mass is 10.1. The van der Waals surface area contributed by atoms with Gasteiger partial charge in [-0.15, -0.1) is 0 Å². The third-order valence-electron chi connectivity index (χ3n) is 4.53. The van der Waals surface area contributed by atoms with Crippen molar-refractivity contribution < 1.29 is 22.7 Å². The molecule has 0 saturated heterocycles. The third kappa shape index (κ3) is 3.18. The number of carbonyl (C=O) groups excluding carboxylic acids is 1. The molecule has 3 heterocycles. The number of imidazole rings is 1. The van der Waals surface area contributed by atoms with Crippen molar-refractivity contribution in [1.82, 2.24) is 14.3 Å². The van der Waals surface area contributed by atoms with Gasteiger partial charge in [0.2, 0.25) is 21.8 Å². The van der Waals surface area contributed by atoms with Crippen LogP contribution in [0.25, 0.3) is 5.52 Å². The van der Waals surface area contributed by atoms with Crippen molar-refractivity contribution >= 4 is 21.3 Å². The predicted octanol–water partition coefficient (Wildman–Crippen LogP) is 2.13. The van der Waals surface area contributed by atoms with E-state index in [1.165, 1.54) is 4.40 Å². The predicted molar refractivity (Wildman–Crippen MR) is 101 cm³/mol. The number of benzene rings is 1. The topological polar surface area (TPSA) is 90.2 Å². The van der Waals surface area contributed by atoms with Gasteiger partial charge in [-0.2, -0.15) is 0 Å². The molecular weight excluding hydrogens is 382 g/mol. The summed E-state index contributed by atoms with van der Waals surface area (Å²) >= 11 is 0. The molecule has 9 heteroatoms. The zero-order valence-electron chi connectivity index (χ0n) is 15.5. The van der Waals surface area contributed by atoms with E-state index in [1.807, 2.05) is 25.1 Å². The minimum atomic E-state index is -3.59. The Balaban J connectivity index is 1.69. The molecule has 2 aromatic heterocycles. The second kappa shape index (κ2) is 6.83. The maximum absolute atomic E-state index is 13.2. The zero-order valence-corrected chi connectivity index (χ0v) is 16.3. The number of pyridine rings is 1. The number of hydrogen-bond donors (Lipinski definition) is 0. The summed E-state index contributed by atoms with van der Waals surface area (Å²) in [4.78, 5) is 18.9. The summed E-state index contributed by atoms with van der Waals surface area (Å²) in [5, 5.41) is -0.148. The SMILES string of the molecule is CCN(Cc1ccc2c(c1)OCO2)C(=O)c1nc(S(C)(=O)=O)n2ccccc12. The number of rotatable bonds is 5. The number of nitrogens with zero attached hydrogens (tertiary/aromatic N) is 3. The van der Waals surface area contributed by atoms with Crippen LogP contribution in [0.4, 0.5) is 0 Å². The van der Waals surface area contributed by atoms with Gasteiger partial charge in [0.25, 0.3) is 5.91 Å². The van der Waals surface area contributed by atoms with Crippen molar-refractivity contribution in [1.29, 1.82) is 0 Å². The van der Waals surface area contributed by atoms with E-state index in [0.29, 0.717) is 30.1 Å². The standard InChI is InChI=1S/C19H19N3O5S/c1-3-21(11-13-7-8-15-16(10-13)27-12-26-15)18(23)17-14-6-4-5-9-22(14)19(20-17)28(2,24)25/h4-10H,3,11-12H2,1-2H3. The van der Waals surface area contributed by atoms with E-state index < -0.39 is 9.84 Å². The van der Waals surface area contributed by atoms with Crippen LogP contribution >= 0.6 is 0 Å². The molecule has 0 atom stereocenters. The van der Waals surface area contributed by atoms with Crippen molar-refractivity contribution in [2.24, 2.45) is 0 Å². The van der Waals surface area contributed by atoms with Gasteiger partial charge in [0.1, 0.15) is 0 Å². The smallest absolute Gasteiger partial charge is 0.275 e. The molecule has 8 nitrogen and oxygen atoms in total. The van der Waals surface area contributed by atoms with Crippen LogP contribution in [0.5, 0.6) is 11.5 Å². The van der Waals surface area contributed by atoms with Crippen molar-refractivity contribution in [2.75, 3.05) is 19.6 Å². The molecule has 1 aliphatic heterocycles. The summed E-state index contributed by atoms with van der Waals surface area (Å²) in [6.45, 7) is 2.82. The van der Waals surface area contributed by atoms with Crippen LogP contribution in [0, 0.1) is 0 Å². The molecule has 4 rings (SSSR count). The van der Waals surface area contributed by atoms with E-state index >= 15 is 0 Å². The fourth-order valence-corrected chi connectivity index (χ4v) is 3.94. The summed E-state index contributed by atoms with van der Waals surface area (Å²) in [5.41, 5.74) is 1.45. The average Bonchev–Trinajstić information content (AvgIpc) is 3.29. The Morgan fingerprint density at radius 2 is 2.00 bits per heavy atom. The van der Waals surface area contributed by atoms with Crippen molar-refractivity contribution in [3.8, 4) is 11.5 Å². The lowest BCUT2D eigenvalue weighted by molar-refractivity contribution is 0.0748. The molecule has 0 radical (unpaired) electrons. The Morgan fingerprint density at radius 3 is 2.75 bits per heavy atom. The van der Waals surface area contributed by atoms with Crippen LogP contribution in [0.1, 0.15) is 23.0 Å². The molecule has 0 unspecified atom stereocenters. The minimum absolute atomic E-state index is 0.114. The number of hydrogen-bond acceptors (Lipinski definition) is 6. The van der Waals surface area contributed by atoms with Crippen molar-refractivity contribution in [2.45, 2.75) is 18.6 Å². The van der Waals surface area contributed by atoms with Crippen molar-refractivity contribution in [3.05, 3.63) is 53.9 Å². The molecule has 0 bridgehead atoms. The monoisotopic (exact) mass is 401 g/mol. The summed E-state index contributed by atoms with van der Waals surface area (Å²) < 4.78 is 36.3. The van der Waals surface area contributed by atoms with Crippen molar-refractivity contribution in [3.63, 3.8) is 0 Å². The van der Waals surface area contributed by atoms with Crippen LogP contribution in [-0.2, 0) is 16.4 Å². The zero-order chi connectivity index (χ0) is 19.9. The Kier molecular flexibility index (Phi) is 4.46. The van der Waals surface area contributed by atoms with E-state index in [2.05, 4.69) is 4.98 Å². The van der Waals surface area contributed by atoms with Crippen LogP contribution < -0.4 is 9.47 Å². The number of carbonyl (C=O) groups is 1. The molecule has 28 heavy (non-hydrogen) atoms. The molecule has 0 N–H and O–H groups in total. The molecule has 1 aliphatic rings. The molecule has 1 amide bonds. The van der Waals surface area contributed by atoms with Crippen LogP contribution in [-0.4, -0.2) is 48.2 Å². The first-order valence-corrected chi connectivity index (χ1v) is 10.6. The molecule has 0 saturated carbocycles. The summed E-state index contributed by atoms with van der Waals surface area (Å²) in [7, 11) is -3.59. The highest BCUT2D eigenvalue weighted by Crippen LogP contribution is 2.33. The van der Waals surface area contributed by atoms with Gasteiger partial charge in [0.05, 0.1) is 5.52 Å². The fraction of sp³-hybridized carbons (Fsp3) is 0.263. The van der Waals surface area contributed by atoms with Gasteiger partial charge in [-0.05, 0) is 36.8 Å². The summed E-state index contributed by atoms with van der Waals surface area (Å²) in [5.74, 6) is 0.989. The number of aromatic nitrogens is 2. The Bertz CT molecular complexity index is 1170. The number of sulfone groups is 1. The van der Waals surface area contributed by atoms with Gasteiger partial charge in [-0.25, -0.2) is 13.4 Å². The average molecular weight is 401 g/mol. The quantitative estimate of drug-likeness (QED) is 0.651.